The third-order valence-electron chi connectivity index (χ3n) is 5.72. The molecule has 0 radical (unpaired) electrons. The highest BCUT2D eigenvalue weighted by atomic mass is 32.2. The Labute approximate surface area is 194 Å². The Morgan fingerprint density at radius 3 is 2.27 bits per heavy atom. The van der Waals surface area contributed by atoms with Crippen LogP contribution in [0.1, 0.15) is 63.1 Å². The highest BCUT2D eigenvalue weighted by molar-refractivity contribution is 7.93. The summed E-state index contributed by atoms with van der Waals surface area (Å²) in [6.45, 7) is 5.36. The average molecular weight is 482 g/mol. The standard InChI is InChI=1S/C25H30F3NO3S/c1-4-7-19-10-12-20(13-11-19)17-32-24-16-21(25(26,27)28)14-15-23(24)29(18(2)3)33(30,31)22-8-5-6-9-22/h4,7,10-16,18,22H,5-6,8-9,17H2,1-3H3/b7-4+. The molecule has 0 saturated heterocycles. The molecule has 2 aromatic carbocycles. The van der Waals surface area contributed by atoms with Crippen molar-refractivity contribution in [1.82, 2.24) is 0 Å². The van der Waals surface area contributed by atoms with E-state index in [9.17, 15) is 21.6 Å². The smallest absolute Gasteiger partial charge is 0.416 e. The zero-order chi connectivity index (χ0) is 24.2. The Balaban J connectivity index is 1.99. The van der Waals surface area contributed by atoms with Gasteiger partial charge in [-0.3, -0.25) is 4.31 Å². The molecule has 1 aliphatic carbocycles. The lowest BCUT2D eigenvalue weighted by Crippen LogP contribution is -2.42. The fourth-order valence-corrected chi connectivity index (χ4v) is 6.39. The van der Waals surface area contributed by atoms with Crippen LogP contribution in [-0.2, 0) is 22.8 Å². The molecule has 1 saturated carbocycles. The van der Waals surface area contributed by atoms with Gasteiger partial charge in [-0.05, 0) is 62.9 Å². The highest BCUT2D eigenvalue weighted by Crippen LogP contribution is 2.40. The molecule has 1 fully saturated rings. The predicted octanol–water partition coefficient (Wildman–Crippen LogP) is 6.80. The molecule has 1 aliphatic rings. The normalized spacial score (nSPS) is 15.5. The Bertz CT molecular complexity index is 1070. The molecule has 3 rings (SSSR count). The van der Waals surface area contributed by atoms with Crippen LogP contribution in [0.15, 0.2) is 48.5 Å². The van der Waals surface area contributed by atoms with Gasteiger partial charge < -0.3 is 4.74 Å². The van der Waals surface area contributed by atoms with Gasteiger partial charge in [-0.1, -0.05) is 49.3 Å². The molecule has 0 bridgehead atoms. The fraction of sp³-hybridized carbons (Fsp3) is 0.440. The molecular formula is C25H30F3NO3S. The fourth-order valence-electron chi connectivity index (χ4n) is 4.12. The van der Waals surface area contributed by atoms with E-state index in [-0.39, 0.29) is 18.0 Å². The van der Waals surface area contributed by atoms with E-state index < -0.39 is 33.1 Å². The van der Waals surface area contributed by atoms with Gasteiger partial charge in [0.1, 0.15) is 12.4 Å². The van der Waals surface area contributed by atoms with Crippen LogP contribution in [0, 0.1) is 0 Å². The number of benzene rings is 2. The summed E-state index contributed by atoms with van der Waals surface area (Å²) in [7, 11) is -3.75. The number of nitrogens with zero attached hydrogens (tertiary/aromatic N) is 1. The zero-order valence-electron chi connectivity index (χ0n) is 19.1. The lowest BCUT2D eigenvalue weighted by Gasteiger charge is -2.32. The van der Waals surface area contributed by atoms with Crippen LogP contribution in [0.3, 0.4) is 0 Å². The minimum absolute atomic E-state index is 0.0137. The first-order valence-corrected chi connectivity index (χ1v) is 12.6. The predicted molar refractivity (Wildman–Crippen MR) is 126 cm³/mol. The number of anilines is 1. The van der Waals surface area contributed by atoms with E-state index in [2.05, 4.69) is 0 Å². The molecule has 0 aromatic heterocycles. The maximum absolute atomic E-state index is 13.4. The lowest BCUT2D eigenvalue weighted by molar-refractivity contribution is -0.137. The second-order valence-corrected chi connectivity index (χ2v) is 10.6. The van der Waals surface area contributed by atoms with Crippen molar-refractivity contribution in [3.05, 3.63) is 65.2 Å². The van der Waals surface area contributed by atoms with Gasteiger partial charge in [0.2, 0.25) is 10.0 Å². The van der Waals surface area contributed by atoms with Crippen molar-refractivity contribution in [2.45, 2.75) is 70.5 Å². The van der Waals surface area contributed by atoms with Crippen molar-refractivity contribution < 1.29 is 26.3 Å². The first-order valence-electron chi connectivity index (χ1n) is 11.1. The summed E-state index contributed by atoms with van der Waals surface area (Å²) in [5.41, 5.74) is 1.01. The van der Waals surface area contributed by atoms with E-state index in [1.165, 1.54) is 10.4 Å². The summed E-state index contributed by atoms with van der Waals surface area (Å²) >= 11 is 0. The Kier molecular flexibility index (Phi) is 7.77. The molecule has 0 atom stereocenters. The van der Waals surface area contributed by atoms with Gasteiger partial charge in [-0.25, -0.2) is 8.42 Å². The molecule has 33 heavy (non-hydrogen) atoms. The quantitative estimate of drug-likeness (QED) is 0.416. The Morgan fingerprint density at radius 1 is 1.09 bits per heavy atom. The van der Waals surface area contributed by atoms with Crippen LogP contribution in [0.4, 0.5) is 18.9 Å². The van der Waals surface area contributed by atoms with Gasteiger partial charge >= 0.3 is 6.18 Å². The maximum atomic E-state index is 13.4. The second-order valence-electron chi connectivity index (χ2n) is 8.55. The number of hydrogen-bond donors (Lipinski definition) is 0. The van der Waals surface area contributed by atoms with E-state index in [1.807, 2.05) is 43.3 Å². The number of alkyl halides is 3. The third-order valence-corrected chi connectivity index (χ3v) is 8.20. The second kappa shape index (κ2) is 10.2. The summed E-state index contributed by atoms with van der Waals surface area (Å²) in [6.07, 6.45) is 2.04. The first kappa shape index (κ1) is 25.1. The number of allylic oxidation sites excluding steroid dienone is 1. The van der Waals surface area contributed by atoms with E-state index in [0.717, 1.165) is 36.1 Å². The third kappa shape index (κ3) is 5.91. The Morgan fingerprint density at radius 2 is 1.73 bits per heavy atom. The number of halogens is 3. The summed E-state index contributed by atoms with van der Waals surface area (Å²) in [5.74, 6) is -0.0994. The molecule has 180 valence electrons. The van der Waals surface area contributed by atoms with Crippen molar-refractivity contribution in [3.8, 4) is 5.75 Å². The Hall–Kier alpha value is -2.48. The van der Waals surface area contributed by atoms with Gasteiger partial charge in [0, 0.05) is 6.04 Å². The van der Waals surface area contributed by atoms with E-state index in [4.69, 9.17) is 4.74 Å². The van der Waals surface area contributed by atoms with Crippen molar-refractivity contribution in [2.24, 2.45) is 0 Å². The number of sulfonamides is 1. The zero-order valence-corrected chi connectivity index (χ0v) is 19.9. The number of hydrogen-bond acceptors (Lipinski definition) is 3. The summed E-state index contributed by atoms with van der Waals surface area (Å²) in [6, 6.07) is 9.97. The maximum Gasteiger partial charge on any atom is 0.416 e. The monoisotopic (exact) mass is 481 g/mol. The van der Waals surface area contributed by atoms with Crippen molar-refractivity contribution in [2.75, 3.05) is 4.31 Å². The molecule has 0 amide bonds. The van der Waals surface area contributed by atoms with Gasteiger partial charge in [0.15, 0.2) is 0 Å². The van der Waals surface area contributed by atoms with Crippen molar-refractivity contribution >= 4 is 21.8 Å². The highest BCUT2D eigenvalue weighted by Gasteiger charge is 2.38. The molecule has 0 spiro atoms. The molecule has 0 unspecified atom stereocenters. The number of rotatable bonds is 8. The lowest BCUT2D eigenvalue weighted by atomic mass is 10.1. The number of ether oxygens (including phenoxy) is 1. The minimum atomic E-state index is -4.57. The molecule has 8 heteroatoms. The van der Waals surface area contributed by atoms with E-state index in [1.54, 1.807) is 13.8 Å². The van der Waals surface area contributed by atoms with Crippen LogP contribution >= 0.6 is 0 Å². The molecule has 0 N–H and O–H groups in total. The molecule has 2 aromatic rings. The topological polar surface area (TPSA) is 46.6 Å². The minimum Gasteiger partial charge on any atom is -0.487 e. The summed E-state index contributed by atoms with van der Waals surface area (Å²) < 4.78 is 74.2. The summed E-state index contributed by atoms with van der Waals surface area (Å²) in [4.78, 5) is 0. The SMILES string of the molecule is C/C=C/c1ccc(COc2cc(C(F)(F)F)ccc2N(C(C)C)S(=O)(=O)C2CCCC2)cc1. The van der Waals surface area contributed by atoms with Gasteiger partial charge in [-0.2, -0.15) is 13.2 Å². The van der Waals surface area contributed by atoms with Gasteiger partial charge in [-0.15, -0.1) is 0 Å². The van der Waals surface area contributed by atoms with Crippen LogP contribution in [0.5, 0.6) is 5.75 Å². The van der Waals surface area contributed by atoms with Gasteiger partial charge in [0.25, 0.3) is 0 Å². The van der Waals surface area contributed by atoms with Crippen molar-refractivity contribution in [3.63, 3.8) is 0 Å². The van der Waals surface area contributed by atoms with E-state index in [0.29, 0.717) is 12.8 Å². The van der Waals surface area contributed by atoms with Crippen LogP contribution in [0.25, 0.3) is 6.08 Å². The van der Waals surface area contributed by atoms with Crippen LogP contribution < -0.4 is 9.04 Å². The van der Waals surface area contributed by atoms with Gasteiger partial charge in [0.05, 0.1) is 16.5 Å². The molecule has 4 nitrogen and oxygen atoms in total. The average Bonchev–Trinajstić information content (AvgIpc) is 3.29. The van der Waals surface area contributed by atoms with Crippen LogP contribution in [0.2, 0.25) is 0 Å². The van der Waals surface area contributed by atoms with Crippen molar-refractivity contribution in [1.29, 1.82) is 0 Å². The van der Waals surface area contributed by atoms with Crippen LogP contribution in [-0.4, -0.2) is 19.7 Å². The molecular weight excluding hydrogens is 451 g/mol. The summed E-state index contributed by atoms with van der Waals surface area (Å²) in [5, 5.41) is -0.533. The molecule has 0 aliphatic heterocycles. The van der Waals surface area contributed by atoms with E-state index >= 15 is 0 Å². The largest absolute Gasteiger partial charge is 0.487 e. The molecule has 0 heterocycles. The first-order chi connectivity index (χ1) is 15.5.